The van der Waals surface area contributed by atoms with Crippen LogP contribution in [0.15, 0.2) is 30.9 Å². The minimum absolute atomic E-state index is 0.0323. The third kappa shape index (κ3) is 8.29. The van der Waals surface area contributed by atoms with Gasteiger partial charge in [0.25, 0.3) is 5.69 Å². The van der Waals surface area contributed by atoms with Crippen molar-refractivity contribution in [2.75, 3.05) is 13.2 Å². The first kappa shape index (κ1) is 24.6. The first-order valence-corrected chi connectivity index (χ1v) is 9.18. The van der Waals surface area contributed by atoms with Crippen LogP contribution in [-0.4, -0.2) is 47.6 Å². The van der Waals surface area contributed by atoms with E-state index in [1.54, 1.807) is 20.8 Å². The molecule has 164 valence electrons. The summed E-state index contributed by atoms with van der Waals surface area (Å²) in [6, 6.07) is 2.93. The van der Waals surface area contributed by atoms with Crippen LogP contribution in [0, 0.1) is 10.1 Å². The van der Waals surface area contributed by atoms with E-state index in [9.17, 15) is 24.5 Å². The first-order valence-electron chi connectivity index (χ1n) is 9.18. The third-order valence-corrected chi connectivity index (χ3v) is 3.50. The maximum atomic E-state index is 11.9. The summed E-state index contributed by atoms with van der Waals surface area (Å²) in [5, 5.41) is 13.4. The van der Waals surface area contributed by atoms with Crippen molar-refractivity contribution in [3.8, 4) is 5.75 Å². The number of nitrogens with zero attached hydrogens (tertiary/aromatic N) is 1. The van der Waals surface area contributed by atoms with E-state index in [0.717, 1.165) is 6.08 Å². The molecule has 10 heteroatoms. The Kier molecular flexibility index (Phi) is 8.97. The van der Waals surface area contributed by atoms with Crippen LogP contribution in [-0.2, 0) is 14.3 Å². The number of nitro groups is 1. The Balaban J connectivity index is 2.46. The van der Waals surface area contributed by atoms with E-state index in [4.69, 9.17) is 14.2 Å². The summed E-state index contributed by atoms with van der Waals surface area (Å²) in [4.78, 5) is 45.7. The fraction of sp³-hybridized carbons (Fsp3) is 0.450. The van der Waals surface area contributed by atoms with Crippen molar-refractivity contribution >= 4 is 23.5 Å². The first-order chi connectivity index (χ1) is 13.9. The SMILES string of the molecule is C=CC(=O)c1cc(OCCCOC(=O)[C@H](C)NC(=O)OC(C)(C)C)ccc1[N+](=O)[O-]. The lowest BCUT2D eigenvalue weighted by molar-refractivity contribution is -0.385. The molecule has 0 saturated heterocycles. The van der Waals surface area contributed by atoms with E-state index in [-0.39, 0.29) is 30.2 Å². The summed E-state index contributed by atoms with van der Waals surface area (Å²) in [6.07, 6.45) is 0.586. The quantitative estimate of drug-likeness (QED) is 0.152. The molecule has 1 atom stereocenters. The second-order valence-corrected chi connectivity index (χ2v) is 7.24. The van der Waals surface area contributed by atoms with Crippen molar-refractivity contribution in [2.24, 2.45) is 0 Å². The van der Waals surface area contributed by atoms with E-state index in [2.05, 4.69) is 11.9 Å². The van der Waals surface area contributed by atoms with Crippen LogP contribution in [0.5, 0.6) is 5.75 Å². The van der Waals surface area contributed by atoms with Crippen molar-refractivity contribution in [3.05, 3.63) is 46.5 Å². The Hall–Kier alpha value is -3.43. The van der Waals surface area contributed by atoms with Crippen molar-refractivity contribution in [1.29, 1.82) is 0 Å². The number of nitro benzene ring substituents is 1. The molecule has 0 spiro atoms. The molecule has 30 heavy (non-hydrogen) atoms. The second kappa shape index (κ2) is 10.9. The predicted octanol–water partition coefficient (Wildman–Crippen LogP) is 3.19. The lowest BCUT2D eigenvalue weighted by Crippen LogP contribution is -2.42. The van der Waals surface area contributed by atoms with Gasteiger partial charge in [-0.15, -0.1) is 0 Å². The molecule has 0 heterocycles. The lowest BCUT2D eigenvalue weighted by Gasteiger charge is -2.21. The summed E-state index contributed by atoms with van der Waals surface area (Å²) in [6.45, 7) is 10.1. The van der Waals surface area contributed by atoms with Gasteiger partial charge in [-0.05, 0) is 45.9 Å². The zero-order chi connectivity index (χ0) is 22.9. The molecule has 0 radical (unpaired) electrons. The van der Waals surface area contributed by atoms with Crippen LogP contribution in [0.2, 0.25) is 0 Å². The summed E-state index contributed by atoms with van der Waals surface area (Å²) < 4.78 is 15.6. The second-order valence-electron chi connectivity index (χ2n) is 7.24. The molecular weight excluding hydrogens is 396 g/mol. The van der Waals surface area contributed by atoms with Gasteiger partial charge in [-0.2, -0.15) is 0 Å². The van der Waals surface area contributed by atoms with Gasteiger partial charge in [0.15, 0.2) is 5.78 Å². The highest BCUT2D eigenvalue weighted by Gasteiger charge is 2.22. The molecule has 0 aliphatic heterocycles. The maximum absolute atomic E-state index is 11.9. The summed E-state index contributed by atoms with van der Waals surface area (Å²) >= 11 is 0. The molecule has 0 saturated carbocycles. The van der Waals surface area contributed by atoms with Gasteiger partial charge in [0.05, 0.1) is 18.1 Å². The number of rotatable bonds is 10. The van der Waals surface area contributed by atoms with E-state index in [0.29, 0.717) is 6.42 Å². The van der Waals surface area contributed by atoms with E-state index in [1.807, 2.05) is 0 Å². The molecule has 1 aromatic rings. The molecule has 0 aromatic heterocycles. The van der Waals surface area contributed by atoms with E-state index in [1.165, 1.54) is 25.1 Å². The third-order valence-electron chi connectivity index (χ3n) is 3.50. The topological polar surface area (TPSA) is 134 Å². The highest BCUT2D eigenvalue weighted by Crippen LogP contribution is 2.25. The van der Waals surface area contributed by atoms with Gasteiger partial charge < -0.3 is 19.5 Å². The molecule has 1 rings (SSSR count). The van der Waals surface area contributed by atoms with Gasteiger partial charge in [0, 0.05) is 12.5 Å². The van der Waals surface area contributed by atoms with Gasteiger partial charge in [-0.1, -0.05) is 6.58 Å². The Morgan fingerprint density at radius 3 is 2.50 bits per heavy atom. The minimum Gasteiger partial charge on any atom is -0.493 e. The summed E-state index contributed by atoms with van der Waals surface area (Å²) in [5.74, 6) is -0.959. The fourth-order valence-corrected chi connectivity index (χ4v) is 2.16. The number of ketones is 1. The van der Waals surface area contributed by atoms with Crippen LogP contribution in [0.25, 0.3) is 0 Å². The van der Waals surface area contributed by atoms with Crippen molar-refractivity contribution < 1.29 is 33.5 Å². The minimum atomic E-state index is -0.886. The Morgan fingerprint density at radius 2 is 1.93 bits per heavy atom. The zero-order valence-electron chi connectivity index (χ0n) is 17.4. The molecule has 0 unspecified atom stereocenters. The van der Waals surface area contributed by atoms with Gasteiger partial charge in [0.1, 0.15) is 23.0 Å². The molecule has 0 aliphatic carbocycles. The highest BCUT2D eigenvalue weighted by atomic mass is 16.6. The number of carbonyl (C=O) groups excluding carboxylic acids is 3. The van der Waals surface area contributed by atoms with Gasteiger partial charge >= 0.3 is 12.1 Å². The van der Waals surface area contributed by atoms with Crippen LogP contribution in [0.4, 0.5) is 10.5 Å². The Bertz CT molecular complexity index is 814. The molecule has 0 bridgehead atoms. The van der Waals surface area contributed by atoms with Crippen molar-refractivity contribution in [1.82, 2.24) is 5.32 Å². The van der Waals surface area contributed by atoms with Crippen LogP contribution in [0.3, 0.4) is 0 Å². The Labute approximate surface area is 174 Å². The number of hydrogen-bond acceptors (Lipinski definition) is 8. The molecule has 1 N–H and O–H groups in total. The standard InChI is InChI=1S/C20H26N2O8/c1-6-17(23)15-12-14(8-9-16(15)22(26)27)28-10-7-11-29-18(24)13(2)21-19(25)30-20(3,4)5/h6,8-9,12-13H,1,7,10-11H2,2-5H3,(H,21,25)/t13-/m0/s1. The molecule has 10 nitrogen and oxygen atoms in total. The van der Waals surface area contributed by atoms with Crippen LogP contribution in [0.1, 0.15) is 44.5 Å². The van der Waals surface area contributed by atoms with Gasteiger partial charge in [0.2, 0.25) is 0 Å². The van der Waals surface area contributed by atoms with Crippen LogP contribution < -0.4 is 10.1 Å². The number of amides is 1. The average molecular weight is 422 g/mol. The molecule has 1 aromatic carbocycles. The van der Waals surface area contributed by atoms with Gasteiger partial charge in [-0.3, -0.25) is 14.9 Å². The number of hydrogen-bond donors (Lipinski definition) is 1. The number of ether oxygens (including phenoxy) is 3. The summed E-state index contributed by atoms with van der Waals surface area (Å²) in [5.41, 5.74) is -1.15. The number of allylic oxidation sites excluding steroid dienone is 1. The molecule has 1 amide bonds. The van der Waals surface area contributed by atoms with E-state index < -0.39 is 34.4 Å². The van der Waals surface area contributed by atoms with Crippen molar-refractivity contribution in [3.63, 3.8) is 0 Å². The number of alkyl carbamates (subject to hydrolysis) is 1. The lowest BCUT2D eigenvalue weighted by atomic mass is 10.1. The van der Waals surface area contributed by atoms with Gasteiger partial charge in [-0.25, -0.2) is 9.59 Å². The Morgan fingerprint density at radius 1 is 1.27 bits per heavy atom. The normalized spacial score (nSPS) is 11.7. The van der Waals surface area contributed by atoms with E-state index >= 15 is 0 Å². The average Bonchev–Trinajstić information content (AvgIpc) is 2.64. The predicted molar refractivity (Wildman–Crippen MR) is 108 cm³/mol. The molecule has 0 fully saturated rings. The van der Waals surface area contributed by atoms with Crippen molar-refractivity contribution in [2.45, 2.75) is 45.8 Å². The number of esters is 1. The molecule has 0 aliphatic rings. The fourth-order valence-electron chi connectivity index (χ4n) is 2.16. The highest BCUT2D eigenvalue weighted by molar-refractivity contribution is 6.07. The largest absolute Gasteiger partial charge is 0.493 e. The smallest absolute Gasteiger partial charge is 0.408 e. The summed E-state index contributed by atoms with van der Waals surface area (Å²) in [7, 11) is 0. The maximum Gasteiger partial charge on any atom is 0.408 e. The monoisotopic (exact) mass is 422 g/mol. The number of benzene rings is 1. The zero-order valence-corrected chi connectivity index (χ0v) is 17.4. The number of carbonyl (C=O) groups is 3. The van der Waals surface area contributed by atoms with Crippen LogP contribution >= 0.6 is 0 Å². The molecular formula is C20H26N2O8. The number of nitrogens with one attached hydrogen (secondary N) is 1.